The third-order valence-electron chi connectivity index (χ3n) is 4.70. The molecule has 0 aliphatic carbocycles. The van der Waals surface area contributed by atoms with Gasteiger partial charge in [-0.25, -0.2) is 4.39 Å². The predicted molar refractivity (Wildman–Crippen MR) is 111 cm³/mol. The highest BCUT2D eigenvalue weighted by Gasteiger charge is 2.18. The molecule has 3 aromatic rings. The molecule has 1 N–H and O–H groups in total. The van der Waals surface area contributed by atoms with Gasteiger partial charge in [0.1, 0.15) is 11.4 Å². The van der Waals surface area contributed by atoms with E-state index in [1.807, 2.05) is 0 Å². The number of ether oxygens (including phenoxy) is 1. The molecule has 154 valence electrons. The Kier molecular flexibility index (Phi) is 6.11. The van der Waals surface area contributed by atoms with Crippen LogP contribution in [0.2, 0.25) is 0 Å². The summed E-state index contributed by atoms with van der Waals surface area (Å²) in [6.45, 7) is 5.06. The molecule has 0 saturated carbocycles. The summed E-state index contributed by atoms with van der Waals surface area (Å²) >= 11 is 0. The van der Waals surface area contributed by atoms with E-state index in [9.17, 15) is 18.8 Å². The second-order valence-electron chi connectivity index (χ2n) is 6.89. The van der Waals surface area contributed by atoms with Crippen LogP contribution >= 0.6 is 0 Å². The Balaban J connectivity index is 1.96. The van der Waals surface area contributed by atoms with Crippen LogP contribution in [0.25, 0.3) is 0 Å². The molecule has 30 heavy (non-hydrogen) atoms. The maximum absolute atomic E-state index is 13.2. The number of hydrogen-bond donors (Lipinski definition) is 1. The van der Waals surface area contributed by atoms with Gasteiger partial charge in [-0.1, -0.05) is 24.3 Å². The smallest absolute Gasteiger partial charge is 0.308 e. The molecule has 1 aromatic heterocycles. The van der Waals surface area contributed by atoms with Crippen molar-refractivity contribution in [2.45, 2.75) is 27.3 Å². The zero-order valence-corrected chi connectivity index (χ0v) is 16.9. The van der Waals surface area contributed by atoms with Crippen molar-refractivity contribution in [1.29, 1.82) is 0 Å². The summed E-state index contributed by atoms with van der Waals surface area (Å²) in [7, 11) is 0. The molecule has 1 heterocycles. The first kappa shape index (κ1) is 21.0. The topological polar surface area (TPSA) is 77.4 Å². The Bertz CT molecular complexity index is 1170. The van der Waals surface area contributed by atoms with Crippen LogP contribution in [0.4, 0.5) is 10.1 Å². The van der Waals surface area contributed by atoms with E-state index in [0.717, 1.165) is 11.1 Å². The number of nitrogens with zero attached hydrogens (tertiary/aromatic N) is 1. The van der Waals surface area contributed by atoms with E-state index in [1.165, 1.54) is 29.7 Å². The monoisotopic (exact) mass is 408 g/mol. The number of aryl methyl sites for hydroxylation is 1. The first-order valence-electron chi connectivity index (χ1n) is 9.30. The molecule has 0 aliphatic rings. The third-order valence-corrected chi connectivity index (χ3v) is 4.70. The predicted octanol–water partition coefficient (Wildman–Crippen LogP) is 3.83. The summed E-state index contributed by atoms with van der Waals surface area (Å²) in [6.07, 6.45) is 0. The number of halogens is 1. The number of pyridine rings is 1. The Morgan fingerprint density at radius 1 is 1.07 bits per heavy atom. The lowest BCUT2D eigenvalue weighted by Crippen LogP contribution is -2.31. The quantitative estimate of drug-likeness (QED) is 0.514. The fourth-order valence-corrected chi connectivity index (χ4v) is 3.02. The Morgan fingerprint density at radius 2 is 1.73 bits per heavy atom. The van der Waals surface area contributed by atoms with Gasteiger partial charge >= 0.3 is 5.97 Å². The Hall–Kier alpha value is -3.74. The summed E-state index contributed by atoms with van der Waals surface area (Å²) in [5.41, 5.74) is 1.97. The molecule has 0 fully saturated rings. The van der Waals surface area contributed by atoms with Crippen LogP contribution in [0.15, 0.2) is 59.4 Å². The fourth-order valence-electron chi connectivity index (χ4n) is 3.02. The number of hydrogen-bond acceptors (Lipinski definition) is 4. The molecule has 0 spiro atoms. The van der Waals surface area contributed by atoms with Gasteiger partial charge in [-0.15, -0.1) is 0 Å². The number of carbonyl (C=O) groups is 2. The number of aromatic nitrogens is 1. The van der Waals surface area contributed by atoms with Gasteiger partial charge in [-0.3, -0.25) is 14.4 Å². The lowest BCUT2D eigenvalue weighted by Gasteiger charge is -2.15. The van der Waals surface area contributed by atoms with E-state index in [4.69, 9.17) is 4.74 Å². The molecule has 0 bridgehead atoms. The van der Waals surface area contributed by atoms with Crippen molar-refractivity contribution in [3.8, 4) is 5.75 Å². The lowest BCUT2D eigenvalue weighted by molar-refractivity contribution is -0.131. The van der Waals surface area contributed by atoms with Crippen LogP contribution in [0.3, 0.4) is 0 Å². The minimum absolute atomic E-state index is 0.0437. The van der Waals surface area contributed by atoms with Crippen molar-refractivity contribution in [1.82, 2.24) is 4.57 Å². The van der Waals surface area contributed by atoms with Crippen molar-refractivity contribution in [2.75, 3.05) is 5.32 Å². The summed E-state index contributed by atoms with van der Waals surface area (Å²) in [6, 6.07) is 13.8. The van der Waals surface area contributed by atoms with Gasteiger partial charge < -0.3 is 14.6 Å². The summed E-state index contributed by atoms with van der Waals surface area (Å²) in [4.78, 5) is 37.2. The van der Waals surface area contributed by atoms with Crippen molar-refractivity contribution in [3.05, 3.63) is 93.2 Å². The summed E-state index contributed by atoms with van der Waals surface area (Å²) < 4.78 is 19.8. The van der Waals surface area contributed by atoms with Crippen LogP contribution in [-0.4, -0.2) is 16.4 Å². The second-order valence-corrected chi connectivity index (χ2v) is 6.89. The fraction of sp³-hybridized carbons (Fsp3) is 0.174. The van der Waals surface area contributed by atoms with Crippen LogP contribution < -0.4 is 15.6 Å². The standard InChI is InChI=1S/C23H21FN2O4/c1-14-12-19(22(28)25-20-6-4-5-7-21(20)30-16(3)27)23(29)26(15(14)2)13-17-8-10-18(24)11-9-17/h4-12H,13H2,1-3H3,(H,25,28). The van der Waals surface area contributed by atoms with Crippen molar-refractivity contribution in [2.24, 2.45) is 0 Å². The molecule has 0 aliphatic heterocycles. The van der Waals surface area contributed by atoms with E-state index in [-0.39, 0.29) is 29.4 Å². The third kappa shape index (κ3) is 4.63. The molecule has 0 saturated heterocycles. The lowest BCUT2D eigenvalue weighted by atomic mass is 10.1. The van der Waals surface area contributed by atoms with E-state index in [1.54, 1.807) is 50.2 Å². The minimum Gasteiger partial charge on any atom is -0.424 e. The first-order valence-corrected chi connectivity index (χ1v) is 9.30. The van der Waals surface area contributed by atoms with Crippen LogP contribution in [-0.2, 0) is 11.3 Å². The van der Waals surface area contributed by atoms with E-state index in [2.05, 4.69) is 5.32 Å². The SMILES string of the molecule is CC(=O)Oc1ccccc1NC(=O)c1cc(C)c(C)n(Cc2ccc(F)cc2)c1=O. The molecule has 1 amide bonds. The highest BCUT2D eigenvalue weighted by molar-refractivity contribution is 6.05. The molecular weight excluding hydrogens is 387 g/mol. The Labute approximate surface area is 172 Å². The van der Waals surface area contributed by atoms with Gasteiger partial charge in [-0.05, 0) is 55.3 Å². The van der Waals surface area contributed by atoms with Gasteiger partial charge in [0, 0.05) is 12.6 Å². The Morgan fingerprint density at radius 3 is 2.40 bits per heavy atom. The zero-order chi connectivity index (χ0) is 21.8. The number of amides is 1. The first-order chi connectivity index (χ1) is 14.3. The van der Waals surface area contributed by atoms with Crippen molar-refractivity contribution in [3.63, 3.8) is 0 Å². The van der Waals surface area contributed by atoms with Crippen LogP contribution in [0.5, 0.6) is 5.75 Å². The van der Waals surface area contributed by atoms with Crippen LogP contribution in [0, 0.1) is 19.7 Å². The normalized spacial score (nSPS) is 10.5. The number of esters is 1. The number of para-hydroxylation sites is 2. The number of anilines is 1. The van der Waals surface area contributed by atoms with Crippen molar-refractivity contribution < 1.29 is 18.7 Å². The number of carbonyl (C=O) groups excluding carboxylic acids is 2. The molecule has 0 unspecified atom stereocenters. The minimum atomic E-state index is -0.615. The van der Waals surface area contributed by atoms with E-state index >= 15 is 0 Å². The van der Waals surface area contributed by atoms with Gasteiger partial charge in [0.25, 0.3) is 11.5 Å². The van der Waals surface area contributed by atoms with Gasteiger partial charge in [-0.2, -0.15) is 0 Å². The van der Waals surface area contributed by atoms with Crippen molar-refractivity contribution >= 4 is 17.6 Å². The zero-order valence-electron chi connectivity index (χ0n) is 16.9. The average molecular weight is 408 g/mol. The summed E-state index contributed by atoms with van der Waals surface area (Å²) in [5, 5.41) is 2.64. The van der Waals surface area contributed by atoms with E-state index in [0.29, 0.717) is 5.69 Å². The molecule has 7 heteroatoms. The number of nitrogens with one attached hydrogen (secondary N) is 1. The maximum atomic E-state index is 13.2. The van der Waals surface area contributed by atoms with Gasteiger partial charge in [0.2, 0.25) is 0 Å². The molecule has 6 nitrogen and oxygen atoms in total. The van der Waals surface area contributed by atoms with Gasteiger partial charge in [0.15, 0.2) is 5.75 Å². The van der Waals surface area contributed by atoms with E-state index < -0.39 is 17.4 Å². The highest BCUT2D eigenvalue weighted by Crippen LogP contribution is 2.24. The second kappa shape index (κ2) is 8.73. The average Bonchev–Trinajstić information content (AvgIpc) is 2.70. The largest absolute Gasteiger partial charge is 0.424 e. The highest BCUT2D eigenvalue weighted by atomic mass is 19.1. The molecular formula is C23H21FN2O4. The van der Waals surface area contributed by atoms with Gasteiger partial charge in [0.05, 0.1) is 12.2 Å². The molecule has 0 radical (unpaired) electrons. The molecule has 2 aromatic carbocycles. The molecule has 3 rings (SSSR count). The summed E-state index contributed by atoms with van der Waals surface area (Å²) in [5.74, 6) is -1.31. The van der Waals surface area contributed by atoms with Crippen LogP contribution in [0.1, 0.15) is 34.1 Å². The molecule has 0 atom stereocenters. The maximum Gasteiger partial charge on any atom is 0.308 e. The number of rotatable bonds is 5. The number of benzene rings is 2.